The molecule has 15 nitrogen and oxygen atoms in total. The molecule has 6 amide bonds. The Morgan fingerprint density at radius 1 is 1.06 bits per heavy atom. The molecule has 0 bridgehead atoms. The van der Waals surface area contributed by atoms with Crippen LogP contribution in [0.25, 0.3) is 0 Å². The highest BCUT2D eigenvalue weighted by Gasteiger charge is 2.29. The number of ether oxygens (including phenoxy) is 1. The minimum absolute atomic E-state index is 0.112. The number of anilines is 2. The van der Waals surface area contributed by atoms with Gasteiger partial charge >= 0.3 is 18.2 Å². The van der Waals surface area contributed by atoms with E-state index >= 15 is 0 Å². The summed E-state index contributed by atoms with van der Waals surface area (Å²) in [6, 6.07) is -2.32. The highest BCUT2D eigenvalue weighted by atomic mass is 35.5. The van der Waals surface area contributed by atoms with Gasteiger partial charge in [0, 0.05) is 6.54 Å². The maximum atomic E-state index is 12.9. The molecule has 0 aromatic carbocycles. The van der Waals surface area contributed by atoms with Gasteiger partial charge < -0.3 is 27.3 Å². The first-order valence-electron chi connectivity index (χ1n) is 9.72. The van der Waals surface area contributed by atoms with Crippen LogP contribution >= 0.6 is 11.6 Å². The predicted octanol–water partition coefficient (Wildman–Crippen LogP) is 0.0577. The Hall–Kier alpha value is -3.43. The van der Waals surface area contributed by atoms with Crippen LogP contribution in [0.15, 0.2) is 0 Å². The van der Waals surface area contributed by atoms with Crippen molar-refractivity contribution in [3.8, 4) is 0 Å². The van der Waals surface area contributed by atoms with Crippen LogP contribution in [0.5, 0.6) is 0 Å². The average Bonchev–Trinajstić information content (AvgIpc) is 2.69. The summed E-state index contributed by atoms with van der Waals surface area (Å²) in [7, 11) is 0. The molecule has 0 saturated carbocycles. The lowest BCUT2D eigenvalue weighted by Crippen LogP contribution is -2.46. The number of urea groups is 2. The van der Waals surface area contributed by atoms with Gasteiger partial charge in [-0.15, -0.1) is 0 Å². The quantitative estimate of drug-likeness (QED) is 0.147. The third kappa shape index (κ3) is 7.89. The minimum atomic E-state index is -1.18. The zero-order valence-corrected chi connectivity index (χ0v) is 19.3. The second-order valence-electron chi connectivity index (χ2n) is 7.68. The number of carbonyl (C=O) groups excluding carboxylic acids is 4. The summed E-state index contributed by atoms with van der Waals surface area (Å²) >= 11 is 6.00. The highest BCUT2D eigenvalue weighted by molar-refractivity contribution is 6.32. The van der Waals surface area contributed by atoms with Crippen molar-refractivity contribution < 1.29 is 23.9 Å². The Morgan fingerprint density at radius 2 is 1.61 bits per heavy atom. The van der Waals surface area contributed by atoms with E-state index in [0.717, 1.165) is 6.42 Å². The monoisotopic (exact) mass is 488 g/mol. The fraction of sp³-hybridized carbons (Fsp3) is 0.529. The van der Waals surface area contributed by atoms with Gasteiger partial charge in [0.1, 0.15) is 5.60 Å². The summed E-state index contributed by atoms with van der Waals surface area (Å²) in [5.41, 5.74) is 14.1. The van der Waals surface area contributed by atoms with E-state index in [-0.39, 0.29) is 12.5 Å². The van der Waals surface area contributed by atoms with Crippen LogP contribution in [0.2, 0.25) is 5.15 Å². The van der Waals surface area contributed by atoms with Crippen LogP contribution in [0.3, 0.4) is 0 Å². The summed E-state index contributed by atoms with van der Waals surface area (Å²) in [6.07, 6.45) is 0.965. The lowest BCUT2D eigenvalue weighted by atomic mass is 9.90. The standard InChI is InChI=1S/C17H29ClN10O5/c1-4-5-8(6-17(2,3)33-16(21)32)7-24-13(29)9-11(27(22)14(19)30)26-12(10(18)25-9)28(23)15(20)31/h8H,4-7,22-23H2,1-3H3,(H2,19,30)(H2,20,31)(H2,21,32)(H,24,29)/t8-/m1/s1. The molecule has 16 heteroatoms. The van der Waals surface area contributed by atoms with Gasteiger partial charge in [0.05, 0.1) is 0 Å². The fourth-order valence-electron chi connectivity index (χ4n) is 3.09. The molecule has 0 aliphatic rings. The van der Waals surface area contributed by atoms with Gasteiger partial charge in [-0.2, -0.15) is 0 Å². The largest absolute Gasteiger partial charge is 0.444 e. The van der Waals surface area contributed by atoms with E-state index in [9.17, 15) is 19.2 Å². The number of primary amides is 3. The molecule has 0 fully saturated rings. The van der Waals surface area contributed by atoms with Gasteiger partial charge in [-0.3, -0.25) is 4.79 Å². The number of hydrogen-bond acceptors (Lipinski definition) is 9. The Kier molecular flexibility index (Phi) is 9.57. The van der Waals surface area contributed by atoms with Crippen LogP contribution in [0.4, 0.5) is 26.0 Å². The number of rotatable bonds is 10. The first kappa shape index (κ1) is 27.6. The van der Waals surface area contributed by atoms with Crippen molar-refractivity contribution in [3.05, 3.63) is 10.8 Å². The number of carbonyl (C=O) groups is 4. The van der Waals surface area contributed by atoms with Gasteiger partial charge in [0.15, 0.2) is 22.5 Å². The smallest absolute Gasteiger partial charge is 0.405 e. The molecule has 1 aromatic rings. The molecular weight excluding hydrogens is 460 g/mol. The molecule has 0 aliphatic heterocycles. The molecule has 184 valence electrons. The molecule has 11 N–H and O–H groups in total. The van der Waals surface area contributed by atoms with Crippen molar-refractivity contribution in [1.29, 1.82) is 0 Å². The SMILES string of the molecule is CCC[C@@H](CNC(=O)c1nc(Cl)c(N(N)C(N)=O)nc1N(N)C(N)=O)CC(C)(C)OC(N)=O. The highest BCUT2D eigenvalue weighted by Crippen LogP contribution is 2.26. The first-order chi connectivity index (χ1) is 15.2. The second-order valence-corrected chi connectivity index (χ2v) is 8.03. The van der Waals surface area contributed by atoms with E-state index in [2.05, 4.69) is 15.3 Å². The Bertz CT molecular complexity index is 912. The fourth-order valence-corrected chi connectivity index (χ4v) is 3.31. The topological polar surface area (TPSA) is 252 Å². The number of nitrogens with two attached hydrogens (primary N) is 5. The average molecular weight is 489 g/mol. The summed E-state index contributed by atoms with van der Waals surface area (Å²) in [5.74, 6) is 9.21. The maximum absolute atomic E-state index is 12.9. The second kappa shape index (κ2) is 11.4. The number of aromatic nitrogens is 2. The molecule has 1 atom stereocenters. The number of nitrogens with zero attached hydrogens (tertiary/aromatic N) is 4. The zero-order valence-electron chi connectivity index (χ0n) is 18.5. The van der Waals surface area contributed by atoms with Crippen LogP contribution in [0, 0.1) is 5.92 Å². The van der Waals surface area contributed by atoms with Crippen molar-refractivity contribution in [2.24, 2.45) is 34.8 Å². The van der Waals surface area contributed by atoms with Crippen molar-refractivity contribution in [2.45, 2.75) is 45.6 Å². The lowest BCUT2D eigenvalue weighted by Gasteiger charge is -2.29. The lowest BCUT2D eigenvalue weighted by molar-refractivity contribution is 0.0251. The van der Waals surface area contributed by atoms with Gasteiger partial charge in [-0.1, -0.05) is 24.9 Å². The van der Waals surface area contributed by atoms with Crippen LogP contribution in [0.1, 0.15) is 50.5 Å². The van der Waals surface area contributed by atoms with E-state index in [0.29, 0.717) is 22.9 Å². The molecular formula is C17H29ClN10O5. The molecule has 1 heterocycles. The molecule has 33 heavy (non-hydrogen) atoms. The Balaban J connectivity index is 3.21. The summed E-state index contributed by atoms with van der Waals surface area (Å²) in [4.78, 5) is 54.6. The van der Waals surface area contributed by atoms with Gasteiger partial charge in [0.2, 0.25) is 0 Å². The van der Waals surface area contributed by atoms with E-state index in [1.165, 1.54) is 0 Å². The third-order valence-corrected chi connectivity index (χ3v) is 4.62. The number of hydrogen-bond donors (Lipinski definition) is 6. The van der Waals surface area contributed by atoms with Crippen molar-refractivity contribution in [1.82, 2.24) is 15.3 Å². The number of halogens is 1. The molecule has 0 radical (unpaired) electrons. The summed E-state index contributed by atoms with van der Waals surface area (Å²) in [5, 5.41) is 2.89. The molecule has 0 saturated heterocycles. The van der Waals surface area contributed by atoms with Crippen molar-refractivity contribution in [2.75, 3.05) is 16.6 Å². The van der Waals surface area contributed by atoms with Gasteiger partial charge in [-0.25, -0.2) is 46.1 Å². The van der Waals surface area contributed by atoms with Crippen molar-refractivity contribution >= 4 is 47.3 Å². The number of amides is 6. The van der Waals surface area contributed by atoms with E-state index in [4.69, 9.17) is 45.2 Å². The van der Waals surface area contributed by atoms with Crippen molar-refractivity contribution in [3.63, 3.8) is 0 Å². The predicted molar refractivity (Wildman–Crippen MR) is 120 cm³/mol. The summed E-state index contributed by atoms with van der Waals surface area (Å²) in [6.45, 7) is 5.49. The Labute approximate surface area is 194 Å². The zero-order chi connectivity index (χ0) is 25.5. The van der Waals surface area contributed by atoms with Gasteiger partial charge in [-0.05, 0) is 32.6 Å². The van der Waals surface area contributed by atoms with E-state index in [1.54, 1.807) is 13.8 Å². The molecule has 0 spiro atoms. The molecule has 0 aliphatic carbocycles. The van der Waals surface area contributed by atoms with E-state index < -0.39 is 52.1 Å². The van der Waals surface area contributed by atoms with Crippen LogP contribution in [-0.2, 0) is 4.74 Å². The van der Waals surface area contributed by atoms with Gasteiger partial charge in [0.25, 0.3) is 5.91 Å². The molecule has 1 rings (SSSR count). The number of nitrogens with one attached hydrogen (secondary N) is 1. The van der Waals surface area contributed by atoms with Crippen LogP contribution in [-0.4, -0.2) is 46.2 Å². The van der Waals surface area contributed by atoms with Crippen LogP contribution < -0.4 is 44.2 Å². The first-order valence-corrected chi connectivity index (χ1v) is 10.1. The minimum Gasteiger partial charge on any atom is -0.444 e. The third-order valence-electron chi connectivity index (χ3n) is 4.37. The van der Waals surface area contributed by atoms with E-state index in [1.807, 2.05) is 6.92 Å². The summed E-state index contributed by atoms with van der Waals surface area (Å²) < 4.78 is 5.11. The Morgan fingerprint density at radius 3 is 2.09 bits per heavy atom. The molecule has 1 aromatic heterocycles. The number of hydrazine groups is 2. The molecule has 0 unspecified atom stereocenters. The normalized spacial score (nSPS) is 11.9. The maximum Gasteiger partial charge on any atom is 0.405 e.